The summed E-state index contributed by atoms with van der Waals surface area (Å²) in [5.74, 6) is 1.01. The fourth-order valence-corrected chi connectivity index (χ4v) is 3.59. The van der Waals surface area contributed by atoms with Crippen molar-refractivity contribution >= 4 is 23.2 Å². The zero-order valence-electron chi connectivity index (χ0n) is 18.4. The summed E-state index contributed by atoms with van der Waals surface area (Å²) in [6.45, 7) is 8.92. The number of aryl methyl sites for hydroxylation is 1. The van der Waals surface area contributed by atoms with Crippen LogP contribution in [0.2, 0.25) is 0 Å². The van der Waals surface area contributed by atoms with Gasteiger partial charge in [0.1, 0.15) is 12.4 Å². The van der Waals surface area contributed by atoms with Gasteiger partial charge < -0.3 is 15.0 Å². The summed E-state index contributed by atoms with van der Waals surface area (Å²) in [6, 6.07) is 15.7. The second-order valence-electron chi connectivity index (χ2n) is 9.05. The van der Waals surface area contributed by atoms with Gasteiger partial charge in [-0.05, 0) is 56.4 Å². The predicted octanol–water partition coefficient (Wildman–Crippen LogP) is 5.06. The summed E-state index contributed by atoms with van der Waals surface area (Å²) >= 11 is 0. The lowest BCUT2D eigenvalue weighted by Gasteiger charge is -2.29. The average molecular weight is 409 g/mol. The number of benzene rings is 2. The number of carbonyl (C=O) groups excluding carboxylic acids is 2. The van der Waals surface area contributed by atoms with Crippen molar-refractivity contribution in [3.05, 3.63) is 54.1 Å². The third-order valence-electron chi connectivity index (χ3n) is 5.21. The Kier molecular flexibility index (Phi) is 6.80. The van der Waals surface area contributed by atoms with Crippen LogP contribution in [0, 0.1) is 11.3 Å². The zero-order chi connectivity index (χ0) is 21.7. The first-order chi connectivity index (χ1) is 14.3. The third kappa shape index (κ3) is 5.41. The minimum absolute atomic E-state index is 0.0255. The summed E-state index contributed by atoms with van der Waals surface area (Å²) in [5, 5.41) is 2.98. The first kappa shape index (κ1) is 21.9. The molecule has 5 heteroatoms. The van der Waals surface area contributed by atoms with E-state index in [4.69, 9.17) is 4.74 Å². The van der Waals surface area contributed by atoms with Gasteiger partial charge in [-0.3, -0.25) is 9.59 Å². The molecule has 2 amide bonds. The molecular weight excluding hydrogens is 376 g/mol. The minimum Gasteiger partial charge on any atom is -0.490 e. The highest BCUT2D eigenvalue weighted by atomic mass is 16.5. The first-order valence-electron chi connectivity index (χ1n) is 10.7. The fraction of sp³-hybridized carbons (Fsp3) is 0.440. The number of hydrogen-bond donors (Lipinski definition) is 1. The topological polar surface area (TPSA) is 58.6 Å². The molecule has 5 nitrogen and oxygen atoms in total. The molecule has 1 aliphatic heterocycles. The van der Waals surface area contributed by atoms with Gasteiger partial charge in [0.2, 0.25) is 11.8 Å². The number of ether oxygens (including phenoxy) is 1. The third-order valence-corrected chi connectivity index (χ3v) is 5.21. The number of nitrogens with one attached hydrogen (secondary N) is 1. The van der Waals surface area contributed by atoms with Crippen molar-refractivity contribution in [1.29, 1.82) is 0 Å². The molecular formula is C25H32N2O3. The smallest absolute Gasteiger partial charge is 0.236 e. The maximum Gasteiger partial charge on any atom is 0.236 e. The van der Waals surface area contributed by atoms with Gasteiger partial charge in [0.15, 0.2) is 0 Å². The zero-order valence-corrected chi connectivity index (χ0v) is 18.4. The van der Waals surface area contributed by atoms with Gasteiger partial charge in [-0.2, -0.15) is 0 Å². The van der Waals surface area contributed by atoms with E-state index in [1.165, 1.54) is 5.56 Å². The second-order valence-corrected chi connectivity index (χ2v) is 9.05. The minimum atomic E-state index is -0.602. The number of nitrogens with zero attached hydrogens (tertiary/aromatic N) is 1. The number of fused-ring (bicyclic) bond motifs is 1. The van der Waals surface area contributed by atoms with E-state index >= 15 is 0 Å². The van der Waals surface area contributed by atoms with Crippen LogP contribution >= 0.6 is 0 Å². The average Bonchev–Trinajstić information content (AvgIpc) is 2.79. The van der Waals surface area contributed by atoms with E-state index in [0.717, 1.165) is 18.5 Å². The molecule has 0 aromatic heterocycles. The van der Waals surface area contributed by atoms with Crippen molar-refractivity contribution in [1.82, 2.24) is 0 Å². The van der Waals surface area contributed by atoms with Crippen LogP contribution in [0.3, 0.4) is 0 Å². The lowest BCUT2D eigenvalue weighted by Crippen LogP contribution is -2.43. The number of hydrogen-bond acceptors (Lipinski definition) is 3. The summed E-state index contributed by atoms with van der Waals surface area (Å²) in [7, 11) is 0. The molecule has 3 rings (SSSR count). The van der Waals surface area contributed by atoms with Gasteiger partial charge in [-0.15, -0.1) is 0 Å². The van der Waals surface area contributed by atoms with E-state index in [9.17, 15) is 9.59 Å². The van der Waals surface area contributed by atoms with Crippen LogP contribution in [0.5, 0.6) is 5.75 Å². The van der Waals surface area contributed by atoms with Crippen molar-refractivity contribution in [3.63, 3.8) is 0 Å². The van der Waals surface area contributed by atoms with Crippen molar-refractivity contribution in [3.8, 4) is 5.75 Å². The van der Waals surface area contributed by atoms with E-state index in [0.29, 0.717) is 36.9 Å². The molecule has 30 heavy (non-hydrogen) atoms. The molecule has 0 spiro atoms. The molecule has 1 heterocycles. The molecule has 0 aliphatic carbocycles. The molecule has 0 saturated heterocycles. The summed E-state index contributed by atoms with van der Waals surface area (Å²) < 4.78 is 5.94. The van der Waals surface area contributed by atoms with Crippen molar-refractivity contribution in [2.24, 2.45) is 11.3 Å². The van der Waals surface area contributed by atoms with E-state index in [-0.39, 0.29) is 11.8 Å². The number of carbonyl (C=O) groups is 2. The molecule has 0 unspecified atom stereocenters. The summed E-state index contributed by atoms with van der Waals surface area (Å²) in [4.78, 5) is 27.4. The Morgan fingerprint density at radius 2 is 1.90 bits per heavy atom. The van der Waals surface area contributed by atoms with Crippen LogP contribution in [-0.4, -0.2) is 25.0 Å². The van der Waals surface area contributed by atoms with Crippen LogP contribution in [0.15, 0.2) is 48.5 Å². The fourth-order valence-electron chi connectivity index (χ4n) is 3.59. The van der Waals surface area contributed by atoms with E-state index in [1.807, 2.05) is 50.2 Å². The van der Waals surface area contributed by atoms with Crippen LogP contribution in [0.4, 0.5) is 11.4 Å². The molecule has 0 radical (unpaired) electrons. The SMILES string of the molecule is CC(C)CN1C(=O)C(C)(C)COc2ccc(NC(=O)CCCc3ccccc3)cc21. The summed E-state index contributed by atoms with van der Waals surface area (Å²) in [6.07, 6.45) is 2.11. The Bertz CT molecular complexity index is 891. The van der Waals surface area contributed by atoms with Gasteiger partial charge in [-0.25, -0.2) is 0 Å². The number of amides is 2. The molecule has 160 valence electrons. The lowest BCUT2D eigenvalue weighted by molar-refractivity contribution is -0.127. The molecule has 0 atom stereocenters. The van der Waals surface area contributed by atoms with Gasteiger partial charge in [0.05, 0.1) is 11.1 Å². The van der Waals surface area contributed by atoms with Crippen molar-refractivity contribution in [2.45, 2.75) is 47.0 Å². The van der Waals surface area contributed by atoms with E-state index < -0.39 is 5.41 Å². The molecule has 2 aromatic carbocycles. The standard InChI is InChI=1S/C25H32N2O3/c1-18(2)16-27-21-15-20(13-14-22(21)30-17-25(3,4)24(27)29)26-23(28)12-8-11-19-9-6-5-7-10-19/h5-7,9-10,13-15,18H,8,11-12,16-17H2,1-4H3,(H,26,28). The quantitative estimate of drug-likeness (QED) is 0.697. The Balaban J connectivity index is 1.70. The predicted molar refractivity (Wildman–Crippen MR) is 121 cm³/mol. The highest BCUT2D eigenvalue weighted by Gasteiger charge is 2.38. The molecule has 2 aromatic rings. The van der Waals surface area contributed by atoms with Crippen LogP contribution < -0.4 is 15.0 Å². The Labute approximate surface area is 179 Å². The van der Waals surface area contributed by atoms with Crippen LogP contribution in [-0.2, 0) is 16.0 Å². The monoisotopic (exact) mass is 408 g/mol. The van der Waals surface area contributed by atoms with Gasteiger partial charge in [-0.1, -0.05) is 44.2 Å². The van der Waals surface area contributed by atoms with E-state index in [2.05, 4.69) is 31.3 Å². The molecule has 1 N–H and O–H groups in total. The number of anilines is 2. The largest absolute Gasteiger partial charge is 0.490 e. The molecule has 0 bridgehead atoms. The van der Waals surface area contributed by atoms with Gasteiger partial charge in [0, 0.05) is 18.7 Å². The summed E-state index contributed by atoms with van der Waals surface area (Å²) in [5.41, 5.74) is 2.04. The first-order valence-corrected chi connectivity index (χ1v) is 10.7. The maximum atomic E-state index is 13.1. The highest BCUT2D eigenvalue weighted by Crippen LogP contribution is 2.38. The molecule has 0 fully saturated rings. The molecule has 0 saturated carbocycles. The van der Waals surface area contributed by atoms with Gasteiger partial charge in [0.25, 0.3) is 0 Å². The van der Waals surface area contributed by atoms with Crippen LogP contribution in [0.1, 0.15) is 46.1 Å². The van der Waals surface area contributed by atoms with E-state index in [1.54, 1.807) is 4.90 Å². The molecule has 1 aliphatic rings. The Hall–Kier alpha value is -2.82. The van der Waals surface area contributed by atoms with Crippen molar-refractivity contribution in [2.75, 3.05) is 23.4 Å². The number of rotatable bonds is 7. The lowest BCUT2D eigenvalue weighted by atomic mass is 9.92. The van der Waals surface area contributed by atoms with Crippen LogP contribution in [0.25, 0.3) is 0 Å². The second kappa shape index (κ2) is 9.33. The van der Waals surface area contributed by atoms with Gasteiger partial charge >= 0.3 is 0 Å². The maximum absolute atomic E-state index is 13.1. The normalized spacial score (nSPS) is 15.4. The highest BCUT2D eigenvalue weighted by molar-refractivity contribution is 6.00. The Morgan fingerprint density at radius 1 is 1.17 bits per heavy atom. The Morgan fingerprint density at radius 3 is 2.60 bits per heavy atom. The van der Waals surface area contributed by atoms with Crippen molar-refractivity contribution < 1.29 is 14.3 Å².